The summed E-state index contributed by atoms with van der Waals surface area (Å²) in [6.07, 6.45) is 0. The van der Waals surface area contributed by atoms with Crippen LogP contribution in [0.15, 0.2) is 33.9 Å². The Morgan fingerprint density at radius 1 is 1.36 bits per heavy atom. The highest BCUT2D eigenvalue weighted by atomic mass is 32.2. The maximum atomic E-state index is 10.3. The fourth-order valence-corrected chi connectivity index (χ4v) is 0.999. The van der Waals surface area contributed by atoms with Gasteiger partial charge in [-0.05, 0) is 16.7 Å². The lowest BCUT2D eigenvalue weighted by atomic mass is 10.3. The van der Waals surface area contributed by atoms with Crippen LogP contribution in [0.4, 0.5) is 5.69 Å². The van der Waals surface area contributed by atoms with E-state index in [1.807, 2.05) is 0 Å². The molecule has 1 aromatic carbocycles. The van der Waals surface area contributed by atoms with Crippen molar-refractivity contribution in [3.63, 3.8) is 0 Å². The molecule has 0 aromatic heterocycles. The SMILES string of the molecule is COc1ccccc1N=NS(=O)(=O)O. The third-order valence-electron chi connectivity index (χ3n) is 1.34. The second kappa shape index (κ2) is 4.16. The van der Waals surface area contributed by atoms with Gasteiger partial charge in [0, 0.05) is 0 Å². The lowest BCUT2D eigenvalue weighted by Gasteiger charge is -2.00. The van der Waals surface area contributed by atoms with E-state index in [1.54, 1.807) is 18.2 Å². The van der Waals surface area contributed by atoms with Gasteiger partial charge in [-0.25, -0.2) is 0 Å². The Bertz CT molecular complexity index is 441. The number of benzene rings is 1. The molecule has 0 radical (unpaired) electrons. The van der Waals surface area contributed by atoms with Gasteiger partial charge >= 0.3 is 10.3 Å². The van der Waals surface area contributed by atoms with E-state index in [0.717, 1.165) is 0 Å². The molecule has 0 fully saturated rings. The van der Waals surface area contributed by atoms with Crippen LogP contribution in [0.3, 0.4) is 0 Å². The molecule has 6 nitrogen and oxygen atoms in total. The van der Waals surface area contributed by atoms with Gasteiger partial charge in [0.25, 0.3) is 0 Å². The zero-order valence-electron chi connectivity index (χ0n) is 7.28. The molecule has 7 heteroatoms. The average Bonchev–Trinajstić information content (AvgIpc) is 2.14. The lowest BCUT2D eigenvalue weighted by molar-refractivity contribution is 0.416. The molecule has 1 N–H and O–H groups in total. The van der Waals surface area contributed by atoms with Crippen molar-refractivity contribution in [2.45, 2.75) is 0 Å². The van der Waals surface area contributed by atoms with Crippen LogP contribution in [-0.4, -0.2) is 20.1 Å². The Morgan fingerprint density at radius 3 is 2.57 bits per heavy atom. The summed E-state index contributed by atoms with van der Waals surface area (Å²) in [6.45, 7) is 0. The minimum absolute atomic E-state index is 0.229. The molecule has 0 unspecified atom stereocenters. The molecule has 0 heterocycles. The summed E-state index contributed by atoms with van der Waals surface area (Å²) >= 11 is 0. The van der Waals surface area contributed by atoms with E-state index in [4.69, 9.17) is 9.29 Å². The molecule has 1 rings (SSSR count). The molecule has 0 aliphatic rings. The van der Waals surface area contributed by atoms with E-state index in [-0.39, 0.29) is 5.69 Å². The fraction of sp³-hybridized carbons (Fsp3) is 0.143. The van der Waals surface area contributed by atoms with Crippen molar-refractivity contribution in [1.29, 1.82) is 0 Å². The van der Waals surface area contributed by atoms with Gasteiger partial charge in [0.15, 0.2) is 0 Å². The van der Waals surface area contributed by atoms with Crippen LogP contribution in [0.25, 0.3) is 0 Å². The van der Waals surface area contributed by atoms with E-state index in [2.05, 4.69) is 9.63 Å². The van der Waals surface area contributed by atoms with Gasteiger partial charge in [-0.1, -0.05) is 12.1 Å². The van der Waals surface area contributed by atoms with E-state index in [0.29, 0.717) is 5.75 Å². The first-order chi connectivity index (χ1) is 6.53. The second-order valence-corrected chi connectivity index (χ2v) is 3.36. The van der Waals surface area contributed by atoms with Gasteiger partial charge in [-0.15, -0.1) is 5.11 Å². The Morgan fingerprint density at radius 2 is 2.00 bits per heavy atom. The molecule has 0 saturated carbocycles. The summed E-state index contributed by atoms with van der Waals surface area (Å²) in [5, 5.41) is 3.31. The Labute approximate surface area is 81.1 Å². The molecular formula is C7H8N2O4S. The first-order valence-corrected chi connectivity index (χ1v) is 4.96. The standard InChI is InChI=1S/C7H8N2O4S/c1-13-7-5-3-2-4-6(7)8-9-14(10,11)12/h2-5H,1H3,(H,10,11,12). The number of para-hydroxylation sites is 1. The number of methoxy groups -OCH3 is 1. The largest absolute Gasteiger partial charge is 0.494 e. The van der Waals surface area contributed by atoms with Crippen molar-refractivity contribution in [1.82, 2.24) is 0 Å². The molecular weight excluding hydrogens is 208 g/mol. The predicted octanol–water partition coefficient (Wildman–Crippen LogP) is 1.58. The van der Waals surface area contributed by atoms with Gasteiger partial charge in [-0.2, -0.15) is 8.42 Å². The highest BCUT2D eigenvalue weighted by Gasteiger charge is 2.02. The van der Waals surface area contributed by atoms with Crippen molar-refractivity contribution in [3.05, 3.63) is 24.3 Å². The molecule has 14 heavy (non-hydrogen) atoms. The number of rotatable bonds is 3. The molecule has 0 spiro atoms. The molecule has 0 saturated heterocycles. The van der Waals surface area contributed by atoms with Crippen LogP contribution in [0.1, 0.15) is 0 Å². The van der Waals surface area contributed by atoms with Crippen molar-refractivity contribution < 1.29 is 17.7 Å². The summed E-state index contributed by atoms with van der Waals surface area (Å²) in [5.41, 5.74) is 0.229. The minimum atomic E-state index is -4.44. The first-order valence-electron chi connectivity index (χ1n) is 3.56. The third-order valence-corrected chi connectivity index (χ3v) is 1.62. The van der Waals surface area contributed by atoms with Crippen molar-refractivity contribution >= 4 is 16.0 Å². The van der Waals surface area contributed by atoms with Crippen molar-refractivity contribution in [2.24, 2.45) is 9.63 Å². The van der Waals surface area contributed by atoms with Crippen molar-refractivity contribution in [2.75, 3.05) is 7.11 Å². The van der Waals surface area contributed by atoms with E-state index < -0.39 is 10.3 Å². The maximum Gasteiger partial charge on any atom is 0.396 e. The number of hydrogen-bond acceptors (Lipinski definition) is 4. The Kier molecular flexibility index (Phi) is 3.15. The van der Waals surface area contributed by atoms with Crippen LogP contribution in [0.2, 0.25) is 0 Å². The van der Waals surface area contributed by atoms with Crippen LogP contribution in [0.5, 0.6) is 5.75 Å². The van der Waals surface area contributed by atoms with E-state index >= 15 is 0 Å². The average molecular weight is 216 g/mol. The summed E-state index contributed by atoms with van der Waals surface area (Å²) in [4.78, 5) is 0. The third kappa shape index (κ3) is 3.11. The van der Waals surface area contributed by atoms with Gasteiger partial charge in [-0.3, -0.25) is 4.55 Å². The van der Waals surface area contributed by atoms with Gasteiger partial charge < -0.3 is 4.74 Å². The smallest absolute Gasteiger partial charge is 0.396 e. The van der Waals surface area contributed by atoms with Gasteiger partial charge in [0.2, 0.25) is 0 Å². The number of hydrogen-bond donors (Lipinski definition) is 1. The van der Waals surface area contributed by atoms with Gasteiger partial charge in [0.1, 0.15) is 11.4 Å². The summed E-state index contributed by atoms with van der Waals surface area (Å²) in [7, 11) is -3.03. The summed E-state index contributed by atoms with van der Waals surface area (Å²) < 4.78 is 36.4. The monoisotopic (exact) mass is 216 g/mol. The second-order valence-electron chi connectivity index (χ2n) is 2.30. The zero-order chi connectivity index (χ0) is 10.6. The quantitative estimate of drug-likeness (QED) is 0.613. The van der Waals surface area contributed by atoms with Crippen LogP contribution >= 0.6 is 0 Å². The molecule has 76 valence electrons. The van der Waals surface area contributed by atoms with Crippen LogP contribution in [-0.2, 0) is 10.3 Å². The van der Waals surface area contributed by atoms with Gasteiger partial charge in [0.05, 0.1) is 7.11 Å². The molecule has 1 aromatic rings. The summed E-state index contributed by atoms with van der Waals surface area (Å²) in [6, 6.07) is 6.44. The Hall–Kier alpha value is -1.47. The molecule has 0 bridgehead atoms. The maximum absolute atomic E-state index is 10.3. The zero-order valence-corrected chi connectivity index (χ0v) is 8.10. The first kappa shape index (κ1) is 10.6. The number of nitrogens with zero attached hydrogens (tertiary/aromatic N) is 2. The molecule has 0 amide bonds. The van der Waals surface area contributed by atoms with Crippen LogP contribution in [0, 0.1) is 0 Å². The molecule has 0 atom stereocenters. The normalized spacial score (nSPS) is 11.9. The van der Waals surface area contributed by atoms with Crippen molar-refractivity contribution in [3.8, 4) is 5.75 Å². The number of ether oxygens (including phenoxy) is 1. The summed E-state index contributed by atoms with van der Waals surface area (Å²) in [5.74, 6) is 0.375. The molecule has 0 aliphatic carbocycles. The topological polar surface area (TPSA) is 88.3 Å². The highest BCUT2D eigenvalue weighted by molar-refractivity contribution is 7.84. The van der Waals surface area contributed by atoms with E-state index in [9.17, 15) is 8.42 Å². The van der Waals surface area contributed by atoms with Crippen LogP contribution < -0.4 is 4.74 Å². The lowest BCUT2D eigenvalue weighted by Crippen LogP contribution is -1.88. The highest BCUT2D eigenvalue weighted by Crippen LogP contribution is 2.26. The molecule has 0 aliphatic heterocycles. The fourth-order valence-electron chi connectivity index (χ4n) is 0.808. The Balaban J connectivity index is 3.03. The van der Waals surface area contributed by atoms with E-state index in [1.165, 1.54) is 13.2 Å². The minimum Gasteiger partial charge on any atom is -0.494 e. The predicted molar refractivity (Wildman–Crippen MR) is 49.1 cm³/mol.